The van der Waals surface area contributed by atoms with E-state index in [0.29, 0.717) is 35.0 Å². The van der Waals surface area contributed by atoms with E-state index in [2.05, 4.69) is 10.3 Å². The van der Waals surface area contributed by atoms with Gasteiger partial charge in [-0.05, 0) is 37.5 Å². The highest BCUT2D eigenvalue weighted by molar-refractivity contribution is 7.99. The summed E-state index contributed by atoms with van der Waals surface area (Å²) in [5, 5.41) is 2.93. The lowest BCUT2D eigenvalue weighted by Gasteiger charge is -2.15. The summed E-state index contributed by atoms with van der Waals surface area (Å²) in [6.45, 7) is 0. The van der Waals surface area contributed by atoms with Crippen molar-refractivity contribution < 1.29 is 22.4 Å². The predicted molar refractivity (Wildman–Crippen MR) is 94.9 cm³/mol. The van der Waals surface area contributed by atoms with Gasteiger partial charge in [-0.25, -0.2) is 9.37 Å². The molecule has 10 heteroatoms. The van der Waals surface area contributed by atoms with E-state index in [0.717, 1.165) is 24.6 Å². The molecule has 1 aromatic carbocycles. The largest absolute Gasteiger partial charge is 0.419 e. The number of anilines is 1. The van der Waals surface area contributed by atoms with Crippen LogP contribution in [-0.4, -0.2) is 21.2 Å². The standard InChI is InChI=1S/C18H15F4N3O2S/c19-13-5-4-9(6-12(13)18(20,21)22)23-15(26)7-10-8-28-17-24-14-3-1-2-11(14)16(27)25(10)17/h4-6,10H,1-3,7-8H2,(H,23,26). The fraction of sp³-hybridized carbons (Fsp3) is 0.389. The van der Waals surface area contributed by atoms with E-state index in [4.69, 9.17) is 0 Å². The van der Waals surface area contributed by atoms with Crippen LogP contribution >= 0.6 is 11.8 Å². The number of halogens is 4. The molecule has 2 aliphatic rings. The quantitative estimate of drug-likeness (QED) is 0.617. The van der Waals surface area contributed by atoms with Crippen LogP contribution in [-0.2, 0) is 23.8 Å². The molecule has 148 valence electrons. The number of rotatable bonds is 3. The van der Waals surface area contributed by atoms with E-state index in [9.17, 15) is 27.2 Å². The third kappa shape index (κ3) is 3.41. The average Bonchev–Trinajstić information content (AvgIpc) is 3.23. The van der Waals surface area contributed by atoms with Crippen LogP contribution in [0.5, 0.6) is 0 Å². The van der Waals surface area contributed by atoms with Gasteiger partial charge in [-0.15, -0.1) is 0 Å². The highest BCUT2D eigenvalue weighted by Gasteiger charge is 2.35. The van der Waals surface area contributed by atoms with Crippen LogP contribution in [0.15, 0.2) is 28.2 Å². The molecule has 2 aromatic rings. The number of hydrogen-bond donors (Lipinski definition) is 1. The van der Waals surface area contributed by atoms with Gasteiger partial charge in [0.2, 0.25) is 5.91 Å². The molecular weight excluding hydrogens is 398 g/mol. The number of aromatic nitrogens is 2. The SMILES string of the molecule is O=C(CC1CSc2nc3c(c(=O)n21)CCC3)Nc1ccc(F)c(C(F)(F)F)c1. The molecule has 0 spiro atoms. The highest BCUT2D eigenvalue weighted by atomic mass is 32.2. The zero-order valence-electron chi connectivity index (χ0n) is 14.5. The lowest BCUT2D eigenvalue weighted by atomic mass is 10.1. The first-order valence-electron chi connectivity index (χ1n) is 8.67. The van der Waals surface area contributed by atoms with Crippen LogP contribution in [0, 0.1) is 5.82 Å². The topological polar surface area (TPSA) is 64.0 Å². The van der Waals surface area contributed by atoms with Crippen molar-refractivity contribution in [2.45, 2.75) is 43.1 Å². The maximum Gasteiger partial charge on any atom is 0.419 e. The molecule has 1 N–H and O–H groups in total. The van der Waals surface area contributed by atoms with Crippen LogP contribution in [0.25, 0.3) is 0 Å². The Hall–Kier alpha value is -2.36. The highest BCUT2D eigenvalue weighted by Crippen LogP contribution is 2.35. The molecular formula is C18H15F4N3O2S. The lowest BCUT2D eigenvalue weighted by molar-refractivity contribution is -0.140. The third-order valence-electron chi connectivity index (χ3n) is 4.85. The van der Waals surface area contributed by atoms with Crippen molar-refractivity contribution in [3.63, 3.8) is 0 Å². The van der Waals surface area contributed by atoms with E-state index < -0.39 is 29.5 Å². The van der Waals surface area contributed by atoms with E-state index in [1.54, 1.807) is 0 Å². The van der Waals surface area contributed by atoms with Crippen molar-refractivity contribution in [2.24, 2.45) is 0 Å². The number of nitrogens with zero attached hydrogens (tertiary/aromatic N) is 2. The summed E-state index contributed by atoms with van der Waals surface area (Å²) in [5.74, 6) is -1.47. The summed E-state index contributed by atoms with van der Waals surface area (Å²) >= 11 is 1.39. The number of benzene rings is 1. The smallest absolute Gasteiger partial charge is 0.326 e. The van der Waals surface area contributed by atoms with Crippen molar-refractivity contribution in [1.82, 2.24) is 9.55 Å². The number of nitrogens with one attached hydrogen (secondary N) is 1. The predicted octanol–water partition coefficient (Wildman–Crippen LogP) is 3.57. The molecule has 1 amide bonds. The van der Waals surface area contributed by atoms with Crippen LogP contribution in [0.2, 0.25) is 0 Å². The molecule has 0 saturated heterocycles. The first-order valence-corrected chi connectivity index (χ1v) is 9.66. The van der Waals surface area contributed by atoms with Gasteiger partial charge in [-0.1, -0.05) is 11.8 Å². The molecule has 1 atom stereocenters. The van der Waals surface area contributed by atoms with Crippen molar-refractivity contribution in [3.8, 4) is 0 Å². The van der Waals surface area contributed by atoms with Gasteiger partial charge in [0.05, 0.1) is 17.3 Å². The second-order valence-electron chi connectivity index (χ2n) is 6.76. The van der Waals surface area contributed by atoms with Gasteiger partial charge >= 0.3 is 6.18 Å². The Morgan fingerprint density at radius 1 is 1.32 bits per heavy atom. The number of thioether (sulfide) groups is 1. The molecule has 1 unspecified atom stereocenters. The minimum absolute atomic E-state index is 0.0842. The van der Waals surface area contributed by atoms with E-state index >= 15 is 0 Å². The van der Waals surface area contributed by atoms with Crippen molar-refractivity contribution in [1.29, 1.82) is 0 Å². The van der Waals surface area contributed by atoms with Gasteiger partial charge < -0.3 is 5.32 Å². The number of hydrogen-bond acceptors (Lipinski definition) is 4. The van der Waals surface area contributed by atoms with Crippen LogP contribution in [0.3, 0.4) is 0 Å². The Balaban J connectivity index is 1.52. The van der Waals surface area contributed by atoms with Crippen molar-refractivity contribution in [2.75, 3.05) is 11.1 Å². The molecule has 5 nitrogen and oxygen atoms in total. The molecule has 0 fully saturated rings. The first-order chi connectivity index (χ1) is 13.2. The van der Waals surface area contributed by atoms with Crippen molar-refractivity contribution >= 4 is 23.4 Å². The summed E-state index contributed by atoms with van der Waals surface area (Å²) in [5.41, 5.74) is -0.224. The molecule has 4 rings (SSSR count). The molecule has 1 aliphatic carbocycles. The summed E-state index contributed by atoms with van der Waals surface area (Å²) in [6.07, 6.45) is -2.62. The molecule has 28 heavy (non-hydrogen) atoms. The van der Waals surface area contributed by atoms with Crippen LogP contribution < -0.4 is 10.9 Å². The summed E-state index contributed by atoms with van der Waals surface area (Å²) in [4.78, 5) is 29.6. The van der Waals surface area contributed by atoms with Gasteiger partial charge in [-0.2, -0.15) is 13.2 Å². The zero-order chi connectivity index (χ0) is 20.1. The zero-order valence-corrected chi connectivity index (χ0v) is 15.3. The third-order valence-corrected chi connectivity index (χ3v) is 5.95. The molecule has 0 bridgehead atoms. The average molecular weight is 413 g/mol. The fourth-order valence-corrected chi connectivity index (χ4v) is 4.70. The van der Waals surface area contributed by atoms with Crippen LogP contribution in [0.4, 0.5) is 23.2 Å². The molecule has 0 saturated carbocycles. The number of carbonyl (C=O) groups is 1. The van der Waals surface area contributed by atoms with Gasteiger partial charge in [0, 0.05) is 23.4 Å². The Morgan fingerprint density at radius 3 is 2.86 bits per heavy atom. The van der Waals surface area contributed by atoms with E-state index in [-0.39, 0.29) is 17.7 Å². The Morgan fingerprint density at radius 2 is 2.11 bits per heavy atom. The molecule has 0 radical (unpaired) electrons. The van der Waals surface area contributed by atoms with Crippen molar-refractivity contribution in [3.05, 3.63) is 51.2 Å². The molecule has 1 aliphatic heterocycles. The number of alkyl halides is 3. The molecule has 2 heterocycles. The van der Waals surface area contributed by atoms with E-state index in [1.165, 1.54) is 16.3 Å². The Kier molecular flexibility index (Phi) is 4.68. The number of aryl methyl sites for hydroxylation is 1. The number of amides is 1. The normalized spacial score (nSPS) is 18.1. The minimum Gasteiger partial charge on any atom is -0.326 e. The van der Waals surface area contributed by atoms with E-state index in [1.807, 2.05) is 0 Å². The van der Waals surface area contributed by atoms with Gasteiger partial charge in [0.25, 0.3) is 5.56 Å². The summed E-state index contributed by atoms with van der Waals surface area (Å²) in [6, 6.07) is 1.87. The summed E-state index contributed by atoms with van der Waals surface area (Å²) < 4.78 is 53.3. The van der Waals surface area contributed by atoms with Gasteiger partial charge in [0.15, 0.2) is 5.16 Å². The van der Waals surface area contributed by atoms with Gasteiger partial charge in [0.1, 0.15) is 5.82 Å². The molecule has 1 aromatic heterocycles. The summed E-state index contributed by atoms with van der Waals surface area (Å²) in [7, 11) is 0. The second kappa shape index (κ2) is 6.91. The first kappa shape index (κ1) is 19.0. The van der Waals surface area contributed by atoms with Crippen LogP contribution in [0.1, 0.15) is 35.7 Å². The maximum atomic E-state index is 13.4. The Labute approximate surface area is 161 Å². The number of carbonyl (C=O) groups excluding carboxylic acids is 1. The monoisotopic (exact) mass is 413 g/mol. The Bertz CT molecular complexity index is 1020. The maximum absolute atomic E-state index is 13.4. The second-order valence-corrected chi connectivity index (χ2v) is 7.75. The fourth-order valence-electron chi connectivity index (χ4n) is 3.55. The minimum atomic E-state index is -4.86. The lowest BCUT2D eigenvalue weighted by Crippen LogP contribution is -2.30. The number of fused-ring (bicyclic) bond motifs is 2. The van der Waals surface area contributed by atoms with Gasteiger partial charge in [-0.3, -0.25) is 14.2 Å².